The summed E-state index contributed by atoms with van der Waals surface area (Å²) in [5, 5.41) is 3.42. The average Bonchev–Trinajstić information content (AvgIpc) is 2.60. The Bertz CT molecular complexity index is 708. The van der Waals surface area contributed by atoms with Crippen molar-refractivity contribution in [2.24, 2.45) is 0 Å². The Labute approximate surface area is 165 Å². The molecule has 0 spiro atoms. The predicted molar refractivity (Wildman–Crippen MR) is 110 cm³/mol. The van der Waals surface area contributed by atoms with Gasteiger partial charge in [0.15, 0.2) is 0 Å². The first-order chi connectivity index (χ1) is 12.3. The average molecular weight is 392 g/mol. The van der Waals surface area contributed by atoms with Crippen molar-refractivity contribution < 1.29 is 9.53 Å². The molecule has 2 aromatic rings. The molecule has 0 aliphatic rings. The lowest BCUT2D eigenvalue weighted by Crippen LogP contribution is -2.33. The maximum Gasteiger partial charge on any atom is 0.233 e. The number of thioether (sulfide) groups is 1. The molecule has 3 nitrogen and oxygen atoms in total. The zero-order chi connectivity index (χ0) is 19.2. The van der Waals surface area contributed by atoms with E-state index in [0.717, 1.165) is 10.6 Å². The third-order valence-electron chi connectivity index (χ3n) is 3.89. The van der Waals surface area contributed by atoms with Gasteiger partial charge in [-0.15, -0.1) is 11.8 Å². The van der Waals surface area contributed by atoms with Gasteiger partial charge in [0.05, 0.1) is 11.8 Å². The Balaban J connectivity index is 1.71. The molecule has 0 saturated heterocycles. The van der Waals surface area contributed by atoms with Gasteiger partial charge in [0.25, 0.3) is 0 Å². The summed E-state index contributed by atoms with van der Waals surface area (Å²) in [6.07, 6.45) is 0. The molecule has 1 atom stereocenters. The molecule has 0 fully saturated rings. The van der Waals surface area contributed by atoms with Gasteiger partial charge in [-0.3, -0.25) is 4.79 Å². The van der Waals surface area contributed by atoms with Crippen molar-refractivity contribution in [3.05, 3.63) is 59.1 Å². The van der Waals surface area contributed by atoms with Crippen molar-refractivity contribution in [1.29, 1.82) is 0 Å². The fourth-order valence-electron chi connectivity index (χ4n) is 2.31. The minimum atomic E-state index is -0.178. The fourth-order valence-corrected chi connectivity index (χ4v) is 3.33. The van der Waals surface area contributed by atoms with E-state index >= 15 is 0 Å². The number of carbonyl (C=O) groups excluding carboxylic acids is 1. The lowest BCUT2D eigenvalue weighted by molar-refractivity contribution is -0.120. The predicted octanol–water partition coefficient (Wildman–Crippen LogP) is 5.31. The Kier molecular flexibility index (Phi) is 7.42. The number of halogens is 1. The second-order valence-electron chi connectivity index (χ2n) is 7.13. The number of nitrogens with one attached hydrogen (secondary N) is 1. The van der Waals surface area contributed by atoms with E-state index in [1.54, 1.807) is 0 Å². The maximum atomic E-state index is 12.2. The zero-order valence-corrected chi connectivity index (χ0v) is 17.3. The molecule has 2 aromatic carbocycles. The van der Waals surface area contributed by atoms with Gasteiger partial charge in [-0.2, -0.15) is 0 Å². The third kappa shape index (κ3) is 6.58. The van der Waals surface area contributed by atoms with Crippen LogP contribution in [0.15, 0.2) is 53.4 Å². The summed E-state index contributed by atoms with van der Waals surface area (Å²) in [4.78, 5) is 13.2. The van der Waals surface area contributed by atoms with E-state index in [0.29, 0.717) is 18.2 Å². The minimum Gasteiger partial charge on any atom is -0.492 e. The van der Waals surface area contributed by atoms with Gasteiger partial charge < -0.3 is 10.1 Å². The number of carbonyl (C=O) groups is 1. The van der Waals surface area contributed by atoms with Crippen LogP contribution in [0, 0.1) is 0 Å². The molecule has 2 rings (SSSR count). The highest BCUT2D eigenvalue weighted by atomic mass is 35.5. The van der Waals surface area contributed by atoms with Crippen molar-refractivity contribution >= 4 is 29.3 Å². The first kappa shape index (κ1) is 20.7. The number of hydrogen-bond donors (Lipinski definition) is 1. The molecule has 0 heterocycles. The third-order valence-corrected chi connectivity index (χ3v) is 5.25. The van der Waals surface area contributed by atoms with E-state index in [2.05, 4.69) is 38.2 Å². The van der Waals surface area contributed by atoms with Gasteiger partial charge in [0, 0.05) is 9.92 Å². The minimum absolute atomic E-state index is 0.00312. The molecule has 0 aliphatic carbocycles. The van der Waals surface area contributed by atoms with Crippen molar-refractivity contribution in [2.45, 2.75) is 43.3 Å². The van der Waals surface area contributed by atoms with E-state index < -0.39 is 0 Å². The highest BCUT2D eigenvalue weighted by molar-refractivity contribution is 8.00. The first-order valence-corrected chi connectivity index (χ1v) is 9.95. The van der Waals surface area contributed by atoms with Gasteiger partial charge in [0.1, 0.15) is 12.4 Å². The lowest BCUT2D eigenvalue weighted by Gasteiger charge is -2.19. The summed E-state index contributed by atoms with van der Waals surface area (Å²) in [7, 11) is 0. The zero-order valence-electron chi connectivity index (χ0n) is 15.7. The second-order valence-corrected chi connectivity index (χ2v) is 8.98. The molecule has 0 saturated carbocycles. The lowest BCUT2D eigenvalue weighted by atomic mass is 9.87. The van der Waals surface area contributed by atoms with Gasteiger partial charge in [-0.1, -0.05) is 44.5 Å². The molecule has 1 amide bonds. The van der Waals surface area contributed by atoms with Gasteiger partial charge >= 0.3 is 0 Å². The smallest absolute Gasteiger partial charge is 0.233 e. The molecular formula is C21H26ClNO2S. The van der Waals surface area contributed by atoms with Crippen LogP contribution in [0.5, 0.6) is 5.75 Å². The summed E-state index contributed by atoms with van der Waals surface area (Å²) >= 11 is 7.38. The van der Waals surface area contributed by atoms with Crippen LogP contribution in [0.25, 0.3) is 0 Å². The molecule has 1 N–H and O–H groups in total. The summed E-state index contributed by atoms with van der Waals surface area (Å²) in [5.74, 6) is 0.812. The molecule has 140 valence electrons. The molecule has 0 aromatic heterocycles. The van der Waals surface area contributed by atoms with Crippen molar-refractivity contribution in [2.75, 3.05) is 13.2 Å². The number of rotatable bonds is 7. The standard InChI is InChI=1S/C21H26ClNO2S/c1-15(26-19-11-7-17(22)8-12-19)20(24)23-13-14-25-18-9-5-16(6-10-18)21(2,3)4/h5-12,15H,13-14H2,1-4H3,(H,23,24)/t15-/m0/s1. The van der Waals surface area contributed by atoms with E-state index in [9.17, 15) is 4.79 Å². The van der Waals surface area contributed by atoms with Crippen LogP contribution in [-0.4, -0.2) is 24.3 Å². The van der Waals surface area contributed by atoms with Gasteiger partial charge in [-0.05, 0) is 54.3 Å². The molecule has 0 radical (unpaired) electrons. The number of hydrogen-bond acceptors (Lipinski definition) is 3. The summed E-state index contributed by atoms with van der Waals surface area (Å²) in [6.45, 7) is 9.36. The first-order valence-electron chi connectivity index (χ1n) is 8.69. The molecule has 26 heavy (non-hydrogen) atoms. The molecule has 0 bridgehead atoms. The molecule has 0 unspecified atom stereocenters. The van der Waals surface area contributed by atoms with Crippen LogP contribution in [0.4, 0.5) is 0 Å². The van der Waals surface area contributed by atoms with Crippen LogP contribution >= 0.6 is 23.4 Å². The highest BCUT2D eigenvalue weighted by Crippen LogP contribution is 2.25. The second kappa shape index (κ2) is 9.33. The highest BCUT2D eigenvalue weighted by Gasteiger charge is 2.14. The summed E-state index contributed by atoms with van der Waals surface area (Å²) in [6, 6.07) is 15.6. The topological polar surface area (TPSA) is 38.3 Å². The Morgan fingerprint density at radius 1 is 1.12 bits per heavy atom. The fraction of sp³-hybridized carbons (Fsp3) is 0.381. The van der Waals surface area contributed by atoms with E-state index in [-0.39, 0.29) is 16.6 Å². The Morgan fingerprint density at radius 2 is 1.73 bits per heavy atom. The normalized spacial score (nSPS) is 12.5. The SMILES string of the molecule is C[C@H](Sc1ccc(Cl)cc1)C(=O)NCCOc1ccc(C(C)(C)C)cc1. The van der Waals surface area contributed by atoms with Crippen LogP contribution in [0.1, 0.15) is 33.3 Å². The molecular weight excluding hydrogens is 366 g/mol. The summed E-state index contributed by atoms with van der Waals surface area (Å²) < 4.78 is 5.70. The molecule has 5 heteroatoms. The van der Waals surface area contributed by atoms with E-state index in [1.165, 1.54) is 17.3 Å². The molecule has 0 aliphatic heterocycles. The van der Waals surface area contributed by atoms with E-state index in [1.807, 2.05) is 43.3 Å². The Hall–Kier alpha value is -1.65. The number of amides is 1. The van der Waals surface area contributed by atoms with Crippen LogP contribution in [-0.2, 0) is 10.2 Å². The van der Waals surface area contributed by atoms with Crippen LogP contribution < -0.4 is 10.1 Å². The van der Waals surface area contributed by atoms with E-state index in [4.69, 9.17) is 16.3 Å². The number of benzene rings is 2. The van der Waals surface area contributed by atoms with Gasteiger partial charge in [0.2, 0.25) is 5.91 Å². The largest absolute Gasteiger partial charge is 0.492 e. The monoisotopic (exact) mass is 391 g/mol. The van der Waals surface area contributed by atoms with Crippen molar-refractivity contribution in [3.63, 3.8) is 0 Å². The summed E-state index contributed by atoms with van der Waals surface area (Å²) in [5.41, 5.74) is 1.40. The van der Waals surface area contributed by atoms with Crippen molar-refractivity contribution in [1.82, 2.24) is 5.32 Å². The van der Waals surface area contributed by atoms with Crippen LogP contribution in [0.2, 0.25) is 5.02 Å². The maximum absolute atomic E-state index is 12.2. The van der Waals surface area contributed by atoms with Crippen molar-refractivity contribution in [3.8, 4) is 5.75 Å². The Morgan fingerprint density at radius 3 is 2.31 bits per heavy atom. The van der Waals surface area contributed by atoms with Gasteiger partial charge in [-0.25, -0.2) is 0 Å². The van der Waals surface area contributed by atoms with Crippen LogP contribution in [0.3, 0.4) is 0 Å². The number of ether oxygens (including phenoxy) is 1. The quantitative estimate of drug-likeness (QED) is 0.513.